The number of carbonyl (C=O) groups excluding carboxylic acids is 2. The smallest absolute Gasteiger partial charge is 0.350 e. The van der Waals surface area contributed by atoms with E-state index in [-0.39, 0.29) is 11.1 Å². The zero-order valence-electron chi connectivity index (χ0n) is 10.8. The number of cyclic esters (lactones) is 2. The van der Waals surface area contributed by atoms with E-state index in [2.05, 4.69) is 4.98 Å². The van der Waals surface area contributed by atoms with Crippen LogP contribution in [0.2, 0.25) is 0 Å². The topological polar surface area (TPSA) is 72.3 Å². The highest BCUT2D eigenvalue weighted by atomic mass is 16.6. The normalized spacial score (nSPS) is 15.0. The molecule has 0 aliphatic carbocycles. The van der Waals surface area contributed by atoms with Crippen molar-refractivity contribution in [1.29, 1.82) is 0 Å². The Bertz CT molecular complexity index is 899. The van der Waals surface area contributed by atoms with Gasteiger partial charge in [0.2, 0.25) is 0 Å². The molecule has 0 amide bonds. The number of rotatable bonds is 2. The number of furan rings is 1. The predicted molar refractivity (Wildman–Crippen MR) is 74.9 cm³/mol. The van der Waals surface area contributed by atoms with Crippen molar-refractivity contribution in [2.75, 3.05) is 0 Å². The van der Waals surface area contributed by atoms with Gasteiger partial charge in [0.15, 0.2) is 0 Å². The minimum absolute atomic E-state index is 0.162. The summed E-state index contributed by atoms with van der Waals surface area (Å²) in [7, 11) is 0. The molecule has 5 heteroatoms. The molecule has 2 aromatic heterocycles. The van der Waals surface area contributed by atoms with Crippen molar-refractivity contribution < 1.29 is 18.7 Å². The molecule has 0 atom stereocenters. The number of hydrogen-bond acceptors (Lipinski definition) is 4. The third kappa shape index (κ3) is 1.64. The van der Waals surface area contributed by atoms with Gasteiger partial charge in [0, 0.05) is 22.7 Å². The molecular weight excluding hydrogens is 270 g/mol. The fourth-order valence-electron chi connectivity index (χ4n) is 2.56. The second kappa shape index (κ2) is 4.21. The van der Waals surface area contributed by atoms with Crippen LogP contribution in [0.15, 0.2) is 53.3 Å². The van der Waals surface area contributed by atoms with Gasteiger partial charge in [0.1, 0.15) is 11.3 Å². The number of carbonyl (C=O) groups is 2. The lowest BCUT2D eigenvalue weighted by Gasteiger charge is -1.99. The van der Waals surface area contributed by atoms with E-state index >= 15 is 0 Å². The zero-order valence-corrected chi connectivity index (χ0v) is 10.8. The molecule has 1 aromatic carbocycles. The van der Waals surface area contributed by atoms with Crippen molar-refractivity contribution >= 4 is 34.0 Å². The Kier molecular flexibility index (Phi) is 2.35. The number of ether oxygens (including phenoxy) is 1. The Hall–Kier alpha value is -3.08. The van der Waals surface area contributed by atoms with Crippen LogP contribution >= 0.6 is 0 Å². The highest BCUT2D eigenvalue weighted by Gasteiger charge is 2.37. The Morgan fingerprint density at radius 2 is 1.71 bits per heavy atom. The van der Waals surface area contributed by atoms with Crippen LogP contribution in [-0.2, 0) is 14.3 Å². The van der Waals surface area contributed by atoms with Crippen molar-refractivity contribution in [1.82, 2.24) is 4.98 Å². The molecule has 1 N–H and O–H groups in total. The van der Waals surface area contributed by atoms with Gasteiger partial charge in [0.25, 0.3) is 0 Å². The summed E-state index contributed by atoms with van der Waals surface area (Å²) in [5.74, 6) is -1.02. The number of H-pyrrole nitrogens is 1. The van der Waals surface area contributed by atoms with Crippen molar-refractivity contribution in [2.24, 2.45) is 0 Å². The average Bonchev–Trinajstić information content (AvgIpc) is 3.17. The first-order chi connectivity index (χ1) is 10.3. The fourth-order valence-corrected chi connectivity index (χ4v) is 2.56. The molecule has 0 saturated heterocycles. The number of esters is 2. The number of benzene rings is 1. The molecule has 3 heterocycles. The largest absolute Gasteiger partial charge is 0.464 e. The highest BCUT2D eigenvalue weighted by molar-refractivity contribution is 6.45. The standard InChI is InChI=1S/C16H9NO4/c18-15-13(10-8-17-11-5-2-1-4-9(10)11)14(16(19)21-15)12-6-3-7-20-12/h1-8,17H. The highest BCUT2D eigenvalue weighted by Crippen LogP contribution is 2.37. The summed E-state index contributed by atoms with van der Waals surface area (Å²) in [6.45, 7) is 0. The minimum Gasteiger partial charge on any atom is -0.464 e. The molecule has 102 valence electrons. The van der Waals surface area contributed by atoms with Gasteiger partial charge >= 0.3 is 11.9 Å². The van der Waals surface area contributed by atoms with E-state index in [4.69, 9.17) is 9.15 Å². The average molecular weight is 279 g/mol. The second-order valence-electron chi connectivity index (χ2n) is 4.65. The summed E-state index contributed by atoms with van der Waals surface area (Å²) in [4.78, 5) is 27.1. The summed E-state index contributed by atoms with van der Waals surface area (Å²) < 4.78 is 10.0. The molecule has 0 bridgehead atoms. The summed E-state index contributed by atoms with van der Waals surface area (Å²) in [6, 6.07) is 10.8. The van der Waals surface area contributed by atoms with Crippen LogP contribution in [0.5, 0.6) is 0 Å². The molecule has 1 aliphatic heterocycles. The Balaban J connectivity index is 2.04. The molecule has 0 radical (unpaired) electrons. The summed E-state index contributed by atoms with van der Waals surface area (Å²) in [5, 5.41) is 0.850. The van der Waals surface area contributed by atoms with E-state index in [0.29, 0.717) is 11.3 Å². The Labute approximate surface area is 118 Å². The molecule has 1 aliphatic rings. The number of para-hydroxylation sites is 1. The van der Waals surface area contributed by atoms with Crippen LogP contribution in [0, 0.1) is 0 Å². The maximum Gasteiger partial charge on any atom is 0.350 e. The van der Waals surface area contributed by atoms with E-state index in [1.54, 1.807) is 18.3 Å². The molecule has 0 spiro atoms. The lowest BCUT2D eigenvalue weighted by atomic mass is 9.99. The Morgan fingerprint density at radius 1 is 0.905 bits per heavy atom. The van der Waals surface area contributed by atoms with Gasteiger partial charge < -0.3 is 14.1 Å². The number of aromatic amines is 1. The van der Waals surface area contributed by atoms with Gasteiger partial charge in [-0.15, -0.1) is 0 Å². The van der Waals surface area contributed by atoms with Gasteiger partial charge in [0.05, 0.1) is 11.8 Å². The number of aromatic nitrogens is 1. The SMILES string of the molecule is O=C1OC(=O)C(c2c[nH]c3ccccc23)=C1c1ccco1. The van der Waals surface area contributed by atoms with Crippen LogP contribution in [0.25, 0.3) is 22.0 Å². The van der Waals surface area contributed by atoms with Crippen LogP contribution in [-0.4, -0.2) is 16.9 Å². The number of fused-ring (bicyclic) bond motifs is 1. The van der Waals surface area contributed by atoms with Crippen LogP contribution < -0.4 is 0 Å². The van der Waals surface area contributed by atoms with Crippen molar-refractivity contribution in [2.45, 2.75) is 0 Å². The number of nitrogens with one attached hydrogen (secondary N) is 1. The van der Waals surface area contributed by atoms with Gasteiger partial charge in [-0.1, -0.05) is 18.2 Å². The van der Waals surface area contributed by atoms with Crippen LogP contribution in [0.1, 0.15) is 11.3 Å². The summed E-state index contributed by atoms with van der Waals surface area (Å²) >= 11 is 0. The lowest BCUT2D eigenvalue weighted by Crippen LogP contribution is -2.01. The second-order valence-corrected chi connectivity index (χ2v) is 4.65. The van der Waals surface area contributed by atoms with E-state index in [0.717, 1.165) is 10.9 Å². The third-order valence-electron chi connectivity index (χ3n) is 3.47. The van der Waals surface area contributed by atoms with Gasteiger partial charge in [-0.05, 0) is 18.2 Å². The summed E-state index contributed by atoms with van der Waals surface area (Å²) in [6.07, 6.45) is 3.15. The number of hydrogen-bond donors (Lipinski definition) is 1. The first-order valence-corrected chi connectivity index (χ1v) is 6.37. The molecule has 0 fully saturated rings. The van der Waals surface area contributed by atoms with Crippen LogP contribution in [0.3, 0.4) is 0 Å². The molecular formula is C16H9NO4. The van der Waals surface area contributed by atoms with E-state index in [1.165, 1.54) is 6.26 Å². The molecule has 3 aromatic rings. The van der Waals surface area contributed by atoms with Gasteiger partial charge in [-0.25, -0.2) is 9.59 Å². The lowest BCUT2D eigenvalue weighted by molar-refractivity contribution is -0.149. The molecule has 0 unspecified atom stereocenters. The molecule has 0 saturated carbocycles. The van der Waals surface area contributed by atoms with Crippen molar-refractivity contribution in [3.8, 4) is 0 Å². The maximum absolute atomic E-state index is 12.1. The Morgan fingerprint density at radius 3 is 2.52 bits per heavy atom. The van der Waals surface area contributed by atoms with Crippen LogP contribution in [0.4, 0.5) is 0 Å². The minimum atomic E-state index is -0.685. The first-order valence-electron chi connectivity index (χ1n) is 6.37. The van der Waals surface area contributed by atoms with Crippen molar-refractivity contribution in [3.63, 3.8) is 0 Å². The van der Waals surface area contributed by atoms with E-state index in [1.807, 2.05) is 24.3 Å². The molecule has 5 nitrogen and oxygen atoms in total. The monoisotopic (exact) mass is 279 g/mol. The van der Waals surface area contributed by atoms with Gasteiger partial charge in [-0.3, -0.25) is 0 Å². The first kappa shape index (κ1) is 11.7. The fraction of sp³-hybridized carbons (Fsp3) is 0. The quantitative estimate of drug-likeness (QED) is 0.578. The predicted octanol–water partition coefficient (Wildman–Crippen LogP) is 2.76. The molecule has 21 heavy (non-hydrogen) atoms. The van der Waals surface area contributed by atoms with E-state index < -0.39 is 11.9 Å². The molecule has 4 rings (SSSR count). The van der Waals surface area contributed by atoms with E-state index in [9.17, 15) is 9.59 Å². The van der Waals surface area contributed by atoms with Crippen molar-refractivity contribution in [3.05, 3.63) is 60.2 Å². The summed E-state index contributed by atoms with van der Waals surface area (Å²) in [5.41, 5.74) is 1.90. The van der Waals surface area contributed by atoms with Gasteiger partial charge in [-0.2, -0.15) is 0 Å². The maximum atomic E-state index is 12.1. The zero-order chi connectivity index (χ0) is 14.4. The third-order valence-corrected chi connectivity index (χ3v) is 3.47.